The molecule has 4 nitrogen and oxygen atoms in total. The average molecular weight is 301 g/mol. The molecule has 1 saturated heterocycles. The van der Waals surface area contributed by atoms with E-state index in [0.717, 1.165) is 37.2 Å². The Kier molecular flexibility index (Phi) is 4.24. The van der Waals surface area contributed by atoms with Gasteiger partial charge in [0.2, 0.25) is 0 Å². The number of rotatable bonds is 4. The zero-order valence-electron chi connectivity index (χ0n) is 12.6. The Balaban J connectivity index is 1.80. The van der Waals surface area contributed by atoms with Crippen molar-refractivity contribution in [1.29, 1.82) is 0 Å². The summed E-state index contributed by atoms with van der Waals surface area (Å²) in [5.74, 6) is 0.281. The number of aromatic nitrogens is 1. The Hall–Kier alpha value is -2.14. The van der Waals surface area contributed by atoms with E-state index in [1.165, 1.54) is 12.1 Å². The summed E-state index contributed by atoms with van der Waals surface area (Å²) in [6, 6.07) is 6.22. The van der Waals surface area contributed by atoms with Crippen molar-refractivity contribution in [2.75, 3.05) is 26.7 Å². The van der Waals surface area contributed by atoms with Crippen LogP contribution in [0, 0.1) is 11.7 Å². The van der Waals surface area contributed by atoms with Crippen LogP contribution in [0.2, 0.25) is 0 Å². The van der Waals surface area contributed by atoms with Crippen LogP contribution in [-0.4, -0.2) is 42.5 Å². The fourth-order valence-electron chi connectivity index (χ4n) is 3.05. The number of nitrogens with zero attached hydrogens (tertiary/aromatic N) is 1. The molecule has 5 heteroatoms. The van der Waals surface area contributed by atoms with Gasteiger partial charge in [0.25, 0.3) is 5.91 Å². The number of carbonyl (C=O) groups is 1. The average Bonchev–Trinajstić information content (AvgIpc) is 3.17. The van der Waals surface area contributed by atoms with E-state index in [1.807, 2.05) is 11.9 Å². The van der Waals surface area contributed by atoms with E-state index < -0.39 is 0 Å². The summed E-state index contributed by atoms with van der Waals surface area (Å²) in [5, 5.41) is 3.17. The number of likely N-dealkylation sites (tertiary alicyclic amines) is 1. The molecule has 2 heterocycles. The summed E-state index contributed by atoms with van der Waals surface area (Å²) in [6.45, 7) is 2.51. The summed E-state index contributed by atoms with van der Waals surface area (Å²) in [5.41, 5.74) is 2.32. The first-order valence-electron chi connectivity index (χ1n) is 7.55. The Morgan fingerprint density at radius 3 is 2.86 bits per heavy atom. The number of H-pyrrole nitrogens is 1. The van der Waals surface area contributed by atoms with Gasteiger partial charge in [0, 0.05) is 31.0 Å². The summed E-state index contributed by atoms with van der Waals surface area (Å²) >= 11 is 0. The molecule has 0 spiro atoms. The first-order valence-corrected chi connectivity index (χ1v) is 7.55. The highest BCUT2D eigenvalue weighted by atomic mass is 19.1. The molecule has 1 unspecified atom stereocenters. The molecule has 116 valence electrons. The molecule has 0 bridgehead atoms. The number of hydrogen-bond donors (Lipinski definition) is 2. The number of carbonyl (C=O) groups excluding carboxylic acids is 1. The van der Waals surface area contributed by atoms with Gasteiger partial charge in [-0.15, -0.1) is 0 Å². The maximum atomic E-state index is 13.1. The number of halogens is 1. The van der Waals surface area contributed by atoms with Gasteiger partial charge in [0.1, 0.15) is 5.82 Å². The standard InChI is InChI=1S/C17H20FN3O/c1-19-8-12-6-7-21(11-12)17(22)16-10-20-9-15(16)13-2-4-14(18)5-3-13/h2-5,9-10,12,19-20H,6-8,11H2,1H3. The Labute approximate surface area is 129 Å². The van der Waals surface area contributed by atoms with Crippen molar-refractivity contribution in [3.63, 3.8) is 0 Å². The molecular weight excluding hydrogens is 281 g/mol. The molecule has 2 N–H and O–H groups in total. The Bertz CT molecular complexity index is 650. The van der Waals surface area contributed by atoms with Crippen molar-refractivity contribution in [2.45, 2.75) is 6.42 Å². The third-order valence-corrected chi connectivity index (χ3v) is 4.20. The molecule has 1 amide bonds. The highest BCUT2D eigenvalue weighted by Crippen LogP contribution is 2.26. The van der Waals surface area contributed by atoms with E-state index in [-0.39, 0.29) is 11.7 Å². The largest absolute Gasteiger partial charge is 0.366 e. The van der Waals surface area contributed by atoms with Crippen molar-refractivity contribution in [3.8, 4) is 11.1 Å². The van der Waals surface area contributed by atoms with E-state index in [1.54, 1.807) is 24.5 Å². The monoisotopic (exact) mass is 301 g/mol. The molecule has 0 saturated carbocycles. The first-order chi connectivity index (χ1) is 10.7. The SMILES string of the molecule is CNCC1CCN(C(=O)c2c[nH]cc2-c2ccc(F)cc2)C1. The first kappa shape index (κ1) is 14.8. The molecule has 0 radical (unpaired) electrons. The summed E-state index contributed by atoms with van der Waals surface area (Å²) in [4.78, 5) is 17.6. The number of nitrogens with one attached hydrogen (secondary N) is 2. The van der Waals surface area contributed by atoms with Gasteiger partial charge < -0.3 is 15.2 Å². The van der Waals surface area contributed by atoms with Crippen LogP contribution in [0.1, 0.15) is 16.8 Å². The second-order valence-electron chi connectivity index (χ2n) is 5.75. The molecule has 0 aliphatic carbocycles. The molecule has 22 heavy (non-hydrogen) atoms. The Morgan fingerprint density at radius 2 is 2.14 bits per heavy atom. The zero-order chi connectivity index (χ0) is 15.5. The van der Waals surface area contributed by atoms with Gasteiger partial charge in [0.05, 0.1) is 5.56 Å². The predicted molar refractivity (Wildman–Crippen MR) is 84.1 cm³/mol. The normalized spacial score (nSPS) is 17.9. The molecule has 1 fully saturated rings. The van der Waals surface area contributed by atoms with E-state index in [9.17, 15) is 9.18 Å². The number of aromatic amines is 1. The molecule has 1 aliphatic heterocycles. The van der Waals surface area contributed by atoms with E-state index in [2.05, 4.69) is 10.3 Å². The Morgan fingerprint density at radius 1 is 1.36 bits per heavy atom. The lowest BCUT2D eigenvalue weighted by Gasteiger charge is -2.17. The lowest BCUT2D eigenvalue weighted by molar-refractivity contribution is 0.0788. The lowest BCUT2D eigenvalue weighted by Crippen LogP contribution is -2.30. The van der Waals surface area contributed by atoms with Gasteiger partial charge >= 0.3 is 0 Å². The fraction of sp³-hybridized carbons (Fsp3) is 0.353. The lowest BCUT2D eigenvalue weighted by atomic mass is 10.0. The highest BCUT2D eigenvalue weighted by Gasteiger charge is 2.28. The number of benzene rings is 1. The topological polar surface area (TPSA) is 48.1 Å². The van der Waals surface area contributed by atoms with Gasteiger partial charge in [-0.3, -0.25) is 4.79 Å². The van der Waals surface area contributed by atoms with Crippen LogP contribution < -0.4 is 5.32 Å². The minimum absolute atomic E-state index is 0.0409. The summed E-state index contributed by atoms with van der Waals surface area (Å²) in [7, 11) is 1.93. The maximum absolute atomic E-state index is 13.1. The smallest absolute Gasteiger partial charge is 0.256 e. The van der Waals surface area contributed by atoms with Crippen LogP contribution >= 0.6 is 0 Å². The van der Waals surface area contributed by atoms with Gasteiger partial charge in [-0.1, -0.05) is 12.1 Å². The molecular formula is C17H20FN3O. The van der Waals surface area contributed by atoms with Crippen molar-refractivity contribution >= 4 is 5.91 Å². The summed E-state index contributed by atoms with van der Waals surface area (Å²) in [6.07, 6.45) is 4.55. The van der Waals surface area contributed by atoms with Gasteiger partial charge in [-0.25, -0.2) is 4.39 Å². The predicted octanol–water partition coefficient (Wildman–Crippen LogP) is 2.50. The van der Waals surface area contributed by atoms with Gasteiger partial charge in [-0.05, 0) is 43.6 Å². The van der Waals surface area contributed by atoms with Crippen LogP contribution in [0.3, 0.4) is 0 Å². The second-order valence-corrected chi connectivity index (χ2v) is 5.75. The van der Waals surface area contributed by atoms with Crippen LogP contribution in [0.5, 0.6) is 0 Å². The van der Waals surface area contributed by atoms with Gasteiger partial charge in [-0.2, -0.15) is 0 Å². The van der Waals surface area contributed by atoms with E-state index >= 15 is 0 Å². The fourth-order valence-corrected chi connectivity index (χ4v) is 3.05. The van der Waals surface area contributed by atoms with E-state index in [4.69, 9.17) is 0 Å². The minimum atomic E-state index is -0.276. The third kappa shape index (κ3) is 2.90. The van der Waals surface area contributed by atoms with Crippen molar-refractivity contribution < 1.29 is 9.18 Å². The number of amides is 1. The summed E-state index contributed by atoms with van der Waals surface area (Å²) < 4.78 is 13.1. The molecule has 2 aromatic rings. The zero-order valence-corrected chi connectivity index (χ0v) is 12.6. The molecule has 1 aromatic carbocycles. The van der Waals surface area contributed by atoms with Crippen LogP contribution in [0.4, 0.5) is 4.39 Å². The minimum Gasteiger partial charge on any atom is -0.366 e. The van der Waals surface area contributed by atoms with Crippen LogP contribution in [0.15, 0.2) is 36.7 Å². The highest BCUT2D eigenvalue weighted by molar-refractivity contribution is 6.00. The quantitative estimate of drug-likeness (QED) is 0.911. The van der Waals surface area contributed by atoms with Crippen molar-refractivity contribution in [1.82, 2.24) is 15.2 Å². The van der Waals surface area contributed by atoms with Gasteiger partial charge in [0.15, 0.2) is 0 Å². The number of hydrogen-bond acceptors (Lipinski definition) is 2. The maximum Gasteiger partial charge on any atom is 0.256 e. The van der Waals surface area contributed by atoms with E-state index in [0.29, 0.717) is 11.5 Å². The molecule has 3 rings (SSSR count). The molecule has 1 aliphatic rings. The third-order valence-electron chi connectivity index (χ3n) is 4.20. The molecule has 1 aromatic heterocycles. The van der Waals surface area contributed by atoms with Crippen molar-refractivity contribution in [2.24, 2.45) is 5.92 Å². The van der Waals surface area contributed by atoms with Crippen molar-refractivity contribution in [3.05, 3.63) is 48.0 Å². The second kappa shape index (κ2) is 6.32. The van der Waals surface area contributed by atoms with Crippen LogP contribution in [0.25, 0.3) is 11.1 Å². The van der Waals surface area contributed by atoms with Crippen LogP contribution in [-0.2, 0) is 0 Å². The molecule has 1 atom stereocenters.